The number of hydrogen-bond acceptors (Lipinski definition) is 0. The molecule has 0 fully saturated rings. The molecule has 1 unspecified atom stereocenters. The van der Waals surface area contributed by atoms with E-state index in [0.717, 1.165) is 5.92 Å². The van der Waals surface area contributed by atoms with E-state index in [2.05, 4.69) is 46.4 Å². The van der Waals surface area contributed by atoms with E-state index < -0.39 is 0 Å². The Morgan fingerprint density at radius 2 is 2.08 bits per heavy atom. The number of allylic oxidation sites excluding steroid dienone is 4. The standard InChI is InChI=1S/C9H13.2ClH.Ti/c1-3-8(2)9-6-4-5-7-9;;;/h4,6,8H,3,5H2,1-2H3;2*1H;. The van der Waals surface area contributed by atoms with Crippen molar-refractivity contribution in [2.75, 3.05) is 0 Å². The van der Waals surface area contributed by atoms with Crippen LogP contribution < -0.4 is 0 Å². The third-order valence-electron chi connectivity index (χ3n) is 2.11. The molecular formula is C9H15Cl2Ti. The molecule has 1 aliphatic rings. The van der Waals surface area contributed by atoms with Crippen LogP contribution >= 0.6 is 24.8 Å². The molecule has 0 N–H and O–H groups in total. The molecule has 0 spiro atoms. The summed E-state index contributed by atoms with van der Waals surface area (Å²) in [5, 5.41) is 0. The zero-order valence-corrected chi connectivity index (χ0v) is 10.7. The summed E-state index contributed by atoms with van der Waals surface area (Å²) >= 11 is 2.24. The Balaban J connectivity index is 0. The molecule has 3 heteroatoms. The molecule has 0 saturated carbocycles. The third-order valence-corrected chi connectivity index (χ3v) is 2.88. The summed E-state index contributed by atoms with van der Waals surface area (Å²) in [6.45, 7) is 4.55. The molecule has 0 heterocycles. The molecular weight excluding hydrogens is 227 g/mol. The molecule has 0 aromatic carbocycles. The maximum absolute atomic E-state index is 2.30. The van der Waals surface area contributed by atoms with Crippen LogP contribution in [0.1, 0.15) is 26.7 Å². The average molecular weight is 242 g/mol. The second-order valence-electron chi connectivity index (χ2n) is 2.85. The van der Waals surface area contributed by atoms with E-state index >= 15 is 0 Å². The summed E-state index contributed by atoms with van der Waals surface area (Å²) in [5.41, 5.74) is 1.57. The van der Waals surface area contributed by atoms with E-state index in [1.54, 1.807) is 9.45 Å². The topological polar surface area (TPSA) is 0 Å². The Bertz CT molecular complexity index is 185. The number of halogens is 2. The molecule has 0 aliphatic heterocycles. The molecule has 0 saturated heterocycles. The van der Waals surface area contributed by atoms with Crippen molar-refractivity contribution in [3.05, 3.63) is 21.6 Å². The zero-order chi connectivity index (χ0) is 7.56. The van der Waals surface area contributed by atoms with E-state index in [1.165, 1.54) is 12.8 Å². The second kappa shape index (κ2) is 7.20. The van der Waals surface area contributed by atoms with Crippen LogP contribution in [0.15, 0.2) is 21.6 Å². The zero-order valence-electron chi connectivity index (χ0n) is 7.46. The molecule has 69 valence electrons. The van der Waals surface area contributed by atoms with Gasteiger partial charge in [0.05, 0.1) is 0 Å². The Kier molecular flexibility index (Phi) is 9.16. The van der Waals surface area contributed by atoms with Crippen LogP contribution in [0.5, 0.6) is 0 Å². The molecule has 0 radical (unpaired) electrons. The first-order valence-corrected chi connectivity index (χ1v) is 4.65. The molecule has 0 aromatic heterocycles. The van der Waals surface area contributed by atoms with Crippen molar-refractivity contribution < 1.29 is 20.4 Å². The van der Waals surface area contributed by atoms with Gasteiger partial charge in [0.1, 0.15) is 0 Å². The van der Waals surface area contributed by atoms with Crippen molar-refractivity contribution in [2.24, 2.45) is 5.92 Å². The first kappa shape index (κ1) is 15.3. The van der Waals surface area contributed by atoms with Crippen molar-refractivity contribution in [1.29, 1.82) is 0 Å². The second-order valence-corrected chi connectivity index (χ2v) is 3.79. The van der Waals surface area contributed by atoms with Gasteiger partial charge in [-0.05, 0) is 0 Å². The summed E-state index contributed by atoms with van der Waals surface area (Å²) in [6, 6.07) is 0. The first-order valence-electron chi connectivity index (χ1n) is 3.87. The van der Waals surface area contributed by atoms with Crippen molar-refractivity contribution in [3.63, 3.8) is 0 Å². The first-order chi connectivity index (χ1) is 4.75. The van der Waals surface area contributed by atoms with Crippen LogP contribution in [0.3, 0.4) is 0 Å². The van der Waals surface area contributed by atoms with E-state index in [9.17, 15) is 0 Å². The minimum absolute atomic E-state index is 0. The predicted octanol–water partition coefficient (Wildman–Crippen LogP) is 3.64. The number of hydrogen-bond donors (Lipinski definition) is 0. The van der Waals surface area contributed by atoms with Gasteiger partial charge >= 0.3 is 74.6 Å². The van der Waals surface area contributed by atoms with Crippen molar-refractivity contribution in [2.45, 2.75) is 26.7 Å². The minimum atomic E-state index is 0. The summed E-state index contributed by atoms with van der Waals surface area (Å²) in [7, 11) is 0. The van der Waals surface area contributed by atoms with Gasteiger partial charge in [-0.15, -0.1) is 24.8 Å². The van der Waals surface area contributed by atoms with Crippen molar-refractivity contribution in [3.8, 4) is 0 Å². The molecule has 0 nitrogen and oxygen atoms in total. The van der Waals surface area contributed by atoms with E-state index in [1.807, 2.05) is 0 Å². The fourth-order valence-electron chi connectivity index (χ4n) is 1.20. The molecule has 12 heavy (non-hydrogen) atoms. The quantitative estimate of drug-likeness (QED) is 0.648. The van der Waals surface area contributed by atoms with Gasteiger partial charge in [-0.2, -0.15) is 0 Å². The van der Waals surface area contributed by atoms with Crippen LogP contribution in [0.4, 0.5) is 0 Å². The van der Waals surface area contributed by atoms with Gasteiger partial charge in [0.25, 0.3) is 0 Å². The predicted molar refractivity (Wildman–Crippen MR) is 54.7 cm³/mol. The molecule has 0 bridgehead atoms. The van der Waals surface area contributed by atoms with Gasteiger partial charge in [0, 0.05) is 0 Å². The fourth-order valence-corrected chi connectivity index (χ4v) is 1.90. The number of rotatable bonds is 2. The third kappa shape index (κ3) is 3.66. The molecule has 1 aliphatic carbocycles. The summed E-state index contributed by atoms with van der Waals surface area (Å²) < 4.78 is 1.56. The van der Waals surface area contributed by atoms with Crippen LogP contribution in [-0.4, -0.2) is 0 Å². The summed E-state index contributed by atoms with van der Waals surface area (Å²) in [5.74, 6) is 0.763. The Morgan fingerprint density at radius 1 is 1.50 bits per heavy atom. The fraction of sp³-hybridized carbons (Fsp3) is 0.556. The maximum atomic E-state index is 2.30. The Labute approximate surface area is 99.1 Å². The van der Waals surface area contributed by atoms with Crippen LogP contribution in [-0.2, 0) is 20.4 Å². The van der Waals surface area contributed by atoms with Crippen LogP contribution in [0.2, 0.25) is 0 Å². The van der Waals surface area contributed by atoms with Gasteiger partial charge in [0.2, 0.25) is 0 Å². The van der Waals surface area contributed by atoms with Gasteiger partial charge in [-0.1, -0.05) is 0 Å². The van der Waals surface area contributed by atoms with Crippen molar-refractivity contribution in [1.82, 2.24) is 0 Å². The molecule has 0 amide bonds. The molecule has 1 atom stereocenters. The van der Waals surface area contributed by atoms with E-state index in [4.69, 9.17) is 0 Å². The van der Waals surface area contributed by atoms with Gasteiger partial charge in [0.15, 0.2) is 0 Å². The van der Waals surface area contributed by atoms with Gasteiger partial charge in [-0.3, -0.25) is 0 Å². The summed E-state index contributed by atoms with van der Waals surface area (Å²) in [4.78, 5) is 0. The summed E-state index contributed by atoms with van der Waals surface area (Å²) in [6.07, 6.45) is 6.98. The van der Waals surface area contributed by atoms with E-state index in [0.29, 0.717) is 0 Å². The van der Waals surface area contributed by atoms with Crippen LogP contribution in [0.25, 0.3) is 0 Å². The Morgan fingerprint density at radius 3 is 2.42 bits per heavy atom. The van der Waals surface area contributed by atoms with Crippen molar-refractivity contribution >= 4 is 24.8 Å². The normalized spacial score (nSPS) is 16.8. The molecule has 1 rings (SSSR count). The monoisotopic (exact) mass is 241 g/mol. The largest absolute Gasteiger partial charge is 0.147 e. The van der Waals surface area contributed by atoms with Gasteiger partial charge in [-0.25, -0.2) is 0 Å². The van der Waals surface area contributed by atoms with Gasteiger partial charge < -0.3 is 0 Å². The average Bonchev–Trinajstić information content (AvgIpc) is 2.34. The SMILES string of the molecule is CCC(C)C1=[C]([Ti])CC=C1.Cl.Cl. The maximum Gasteiger partial charge on any atom is -0.147 e. The minimum Gasteiger partial charge on any atom is -0.147 e. The smallest absolute Gasteiger partial charge is 0.147 e. The molecule has 0 aromatic rings. The van der Waals surface area contributed by atoms with Crippen LogP contribution in [0, 0.1) is 5.92 Å². The Hall–Kier alpha value is 0.774. The van der Waals surface area contributed by atoms with E-state index in [-0.39, 0.29) is 24.8 Å².